The Hall–Kier alpha value is -2.17. The van der Waals surface area contributed by atoms with Gasteiger partial charge in [-0.25, -0.2) is 0 Å². The molecule has 0 aliphatic carbocycles. The minimum Gasteiger partial charge on any atom is -0.504 e. The molecule has 0 spiro atoms. The summed E-state index contributed by atoms with van der Waals surface area (Å²) in [4.78, 5) is 0. The molecular weight excluding hydrogens is 206 g/mol. The van der Waals surface area contributed by atoms with E-state index in [9.17, 15) is 10.2 Å². The number of nitrogens with two attached hydrogens (primary N) is 1. The number of hydrogen-bond donors (Lipinski definition) is 3. The molecule has 0 radical (unpaired) electrons. The fraction of sp³-hybridized carbons (Fsp3) is 0.182. The summed E-state index contributed by atoms with van der Waals surface area (Å²) in [5.41, 5.74) is 7.90. The maximum absolute atomic E-state index is 9.52. The quantitative estimate of drug-likeness (QED) is 0.633. The molecule has 0 unspecified atom stereocenters. The number of rotatable bonds is 1. The van der Waals surface area contributed by atoms with E-state index >= 15 is 0 Å². The van der Waals surface area contributed by atoms with E-state index in [0.717, 1.165) is 11.1 Å². The summed E-state index contributed by atoms with van der Waals surface area (Å²) in [6, 6.07) is 3.22. The number of aromatic hydroxyl groups is 2. The first-order chi connectivity index (χ1) is 7.50. The molecule has 2 rings (SSSR count). The summed E-state index contributed by atoms with van der Waals surface area (Å²) in [5.74, 6) is 0.258. The van der Waals surface area contributed by atoms with Gasteiger partial charge in [0, 0.05) is 12.6 Å². The highest BCUT2D eigenvalue weighted by Crippen LogP contribution is 2.35. The number of nitrogen functional groups attached to an aromatic ring is 1. The van der Waals surface area contributed by atoms with Gasteiger partial charge in [0.2, 0.25) is 0 Å². The molecule has 1 aromatic heterocycles. The molecule has 0 saturated carbocycles. The number of phenolic OH excluding ortho intramolecular Hbond substituents is 2. The van der Waals surface area contributed by atoms with Crippen molar-refractivity contribution in [1.82, 2.24) is 9.78 Å². The predicted octanol–water partition coefficient (Wildman–Crippen LogP) is 1.39. The molecule has 0 bridgehead atoms. The van der Waals surface area contributed by atoms with E-state index in [1.54, 1.807) is 30.9 Å². The maximum atomic E-state index is 9.52. The third-order valence-electron chi connectivity index (χ3n) is 2.58. The van der Waals surface area contributed by atoms with Gasteiger partial charge in [-0.1, -0.05) is 0 Å². The Morgan fingerprint density at radius 1 is 1.31 bits per heavy atom. The number of aryl methyl sites for hydroxylation is 2. The van der Waals surface area contributed by atoms with Gasteiger partial charge in [-0.3, -0.25) is 4.68 Å². The SMILES string of the molecule is Cc1cc(-c2cnn(C)c2N)cc(O)c1O. The lowest BCUT2D eigenvalue weighted by Crippen LogP contribution is -1.98. The molecule has 84 valence electrons. The van der Waals surface area contributed by atoms with Crippen LogP contribution in [0, 0.1) is 6.92 Å². The van der Waals surface area contributed by atoms with Crippen LogP contribution >= 0.6 is 0 Å². The van der Waals surface area contributed by atoms with Crippen LogP contribution in [0.3, 0.4) is 0 Å². The van der Waals surface area contributed by atoms with E-state index in [0.29, 0.717) is 11.4 Å². The van der Waals surface area contributed by atoms with Gasteiger partial charge in [0.15, 0.2) is 11.5 Å². The van der Waals surface area contributed by atoms with Crippen LogP contribution in [0.25, 0.3) is 11.1 Å². The summed E-state index contributed by atoms with van der Waals surface area (Å²) < 4.78 is 1.55. The van der Waals surface area contributed by atoms with E-state index in [1.165, 1.54) is 6.07 Å². The zero-order valence-corrected chi connectivity index (χ0v) is 9.10. The largest absolute Gasteiger partial charge is 0.504 e. The Bertz CT molecular complexity index is 523. The first-order valence-corrected chi connectivity index (χ1v) is 4.81. The van der Waals surface area contributed by atoms with Gasteiger partial charge in [-0.05, 0) is 30.2 Å². The molecule has 0 saturated heterocycles. The Morgan fingerprint density at radius 3 is 2.50 bits per heavy atom. The highest BCUT2D eigenvalue weighted by molar-refractivity contribution is 5.76. The Balaban J connectivity index is 2.61. The van der Waals surface area contributed by atoms with Crippen molar-refractivity contribution in [2.75, 3.05) is 5.73 Å². The lowest BCUT2D eigenvalue weighted by atomic mass is 10.0. The number of aromatic nitrogens is 2. The van der Waals surface area contributed by atoms with Gasteiger partial charge in [0.05, 0.1) is 6.20 Å². The van der Waals surface area contributed by atoms with E-state index in [1.807, 2.05) is 0 Å². The van der Waals surface area contributed by atoms with Crippen molar-refractivity contribution >= 4 is 5.82 Å². The zero-order chi connectivity index (χ0) is 11.9. The van der Waals surface area contributed by atoms with Crippen molar-refractivity contribution < 1.29 is 10.2 Å². The maximum Gasteiger partial charge on any atom is 0.160 e. The number of anilines is 1. The Morgan fingerprint density at radius 2 is 2.00 bits per heavy atom. The summed E-state index contributed by atoms with van der Waals surface area (Å²) >= 11 is 0. The molecule has 0 atom stereocenters. The highest BCUT2D eigenvalue weighted by atomic mass is 16.3. The molecule has 0 aliphatic heterocycles. The summed E-state index contributed by atoms with van der Waals surface area (Å²) in [7, 11) is 1.74. The molecule has 1 heterocycles. The van der Waals surface area contributed by atoms with E-state index < -0.39 is 0 Å². The van der Waals surface area contributed by atoms with Crippen LogP contribution in [0.4, 0.5) is 5.82 Å². The van der Waals surface area contributed by atoms with Crippen molar-refractivity contribution in [1.29, 1.82) is 0 Å². The molecule has 5 nitrogen and oxygen atoms in total. The number of phenols is 2. The molecule has 5 heteroatoms. The van der Waals surface area contributed by atoms with Gasteiger partial charge < -0.3 is 15.9 Å². The second kappa shape index (κ2) is 3.44. The molecule has 1 aromatic carbocycles. The topological polar surface area (TPSA) is 84.3 Å². The van der Waals surface area contributed by atoms with Crippen LogP contribution in [-0.2, 0) is 7.05 Å². The van der Waals surface area contributed by atoms with Crippen molar-refractivity contribution in [2.24, 2.45) is 7.05 Å². The van der Waals surface area contributed by atoms with Crippen LogP contribution in [0.2, 0.25) is 0 Å². The van der Waals surface area contributed by atoms with Crippen molar-refractivity contribution in [3.8, 4) is 22.6 Å². The molecule has 2 aromatic rings. The number of hydrogen-bond acceptors (Lipinski definition) is 4. The monoisotopic (exact) mass is 219 g/mol. The van der Waals surface area contributed by atoms with Crippen molar-refractivity contribution in [3.05, 3.63) is 23.9 Å². The van der Waals surface area contributed by atoms with Crippen LogP contribution in [0.15, 0.2) is 18.3 Å². The fourth-order valence-corrected chi connectivity index (χ4v) is 1.59. The first-order valence-electron chi connectivity index (χ1n) is 4.81. The third-order valence-corrected chi connectivity index (χ3v) is 2.58. The van der Waals surface area contributed by atoms with E-state index in [2.05, 4.69) is 5.10 Å². The Kier molecular flexibility index (Phi) is 2.23. The molecular formula is C11H13N3O2. The van der Waals surface area contributed by atoms with E-state index in [4.69, 9.17) is 5.73 Å². The molecule has 4 N–H and O–H groups in total. The van der Waals surface area contributed by atoms with Gasteiger partial charge in [0.1, 0.15) is 5.82 Å². The van der Waals surface area contributed by atoms with Crippen LogP contribution in [0.5, 0.6) is 11.5 Å². The average Bonchev–Trinajstić information content (AvgIpc) is 2.56. The van der Waals surface area contributed by atoms with Crippen molar-refractivity contribution in [2.45, 2.75) is 6.92 Å². The first kappa shape index (κ1) is 10.4. The summed E-state index contributed by atoms with van der Waals surface area (Å²) in [6.45, 7) is 1.71. The molecule has 0 fully saturated rings. The zero-order valence-electron chi connectivity index (χ0n) is 9.10. The summed E-state index contributed by atoms with van der Waals surface area (Å²) in [5, 5.41) is 23.0. The van der Waals surface area contributed by atoms with Gasteiger partial charge in [-0.15, -0.1) is 0 Å². The lowest BCUT2D eigenvalue weighted by Gasteiger charge is -2.06. The second-order valence-electron chi connectivity index (χ2n) is 3.73. The van der Waals surface area contributed by atoms with Gasteiger partial charge in [0.25, 0.3) is 0 Å². The normalized spacial score (nSPS) is 10.6. The van der Waals surface area contributed by atoms with Crippen molar-refractivity contribution in [3.63, 3.8) is 0 Å². The molecule has 16 heavy (non-hydrogen) atoms. The van der Waals surface area contributed by atoms with Gasteiger partial charge >= 0.3 is 0 Å². The smallest absolute Gasteiger partial charge is 0.160 e. The molecule has 0 amide bonds. The van der Waals surface area contributed by atoms with Crippen LogP contribution < -0.4 is 5.73 Å². The fourth-order valence-electron chi connectivity index (χ4n) is 1.59. The minimum absolute atomic E-state index is 0.105. The number of benzene rings is 1. The Labute approximate surface area is 92.8 Å². The van der Waals surface area contributed by atoms with Gasteiger partial charge in [-0.2, -0.15) is 5.10 Å². The average molecular weight is 219 g/mol. The second-order valence-corrected chi connectivity index (χ2v) is 3.73. The standard InChI is InChI=1S/C11H13N3O2/c1-6-3-7(4-9(15)10(6)16)8-5-13-14(2)11(8)12/h3-5,15-16H,12H2,1-2H3. The third kappa shape index (κ3) is 1.46. The predicted molar refractivity (Wildman–Crippen MR) is 61.1 cm³/mol. The molecule has 0 aliphatic rings. The number of nitrogens with zero attached hydrogens (tertiary/aromatic N) is 2. The highest BCUT2D eigenvalue weighted by Gasteiger charge is 2.11. The minimum atomic E-state index is -0.154. The van der Waals surface area contributed by atoms with E-state index in [-0.39, 0.29) is 11.5 Å². The van der Waals surface area contributed by atoms with Crippen LogP contribution in [-0.4, -0.2) is 20.0 Å². The summed E-state index contributed by atoms with van der Waals surface area (Å²) in [6.07, 6.45) is 1.63. The van der Waals surface area contributed by atoms with Crippen LogP contribution in [0.1, 0.15) is 5.56 Å². The lowest BCUT2D eigenvalue weighted by molar-refractivity contribution is 0.401.